The van der Waals surface area contributed by atoms with Gasteiger partial charge in [0.15, 0.2) is 0 Å². The van der Waals surface area contributed by atoms with Crippen molar-refractivity contribution >= 4 is 17.3 Å². The van der Waals surface area contributed by atoms with Crippen LogP contribution in [-0.4, -0.2) is 39.0 Å². The average molecular weight is 303 g/mol. The zero-order valence-electron chi connectivity index (χ0n) is 11.9. The van der Waals surface area contributed by atoms with Gasteiger partial charge < -0.3 is 5.11 Å². The molecular weight excluding hydrogens is 286 g/mol. The zero-order chi connectivity index (χ0) is 14.8. The van der Waals surface area contributed by atoms with Crippen molar-refractivity contribution in [2.45, 2.75) is 26.3 Å². The van der Waals surface area contributed by atoms with E-state index in [-0.39, 0.29) is 0 Å². The molecule has 0 atom stereocenters. The highest BCUT2D eigenvalue weighted by molar-refractivity contribution is 7.09. The van der Waals surface area contributed by atoms with Gasteiger partial charge in [-0.2, -0.15) is 0 Å². The number of aryl methyl sites for hydroxylation is 1. The molecule has 21 heavy (non-hydrogen) atoms. The number of carboxylic acid groups (broad SMARTS) is 1. The highest BCUT2D eigenvalue weighted by atomic mass is 32.1. The third-order valence-electron chi connectivity index (χ3n) is 3.82. The first kappa shape index (κ1) is 14.2. The predicted octanol–water partition coefficient (Wildman–Crippen LogP) is 2.15. The third-order valence-corrected chi connectivity index (χ3v) is 4.58. The topological polar surface area (TPSA) is 66.3 Å². The maximum absolute atomic E-state index is 11.2. The van der Waals surface area contributed by atoms with Crippen LogP contribution >= 0.6 is 11.3 Å². The minimum Gasteiger partial charge on any atom is -0.478 e. The molecule has 0 unspecified atom stereocenters. The second kappa shape index (κ2) is 5.91. The van der Waals surface area contributed by atoms with Gasteiger partial charge in [0.25, 0.3) is 0 Å². The van der Waals surface area contributed by atoms with Gasteiger partial charge in [0.1, 0.15) is 5.01 Å². The third kappa shape index (κ3) is 3.11. The number of pyridine rings is 1. The Balaban J connectivity index is 1.78. The lowest BCUT2D eigenvalue weighted by Gasteiger charge is -2.17. The number of hydrogen-bond acceptors (Lipinski definition) is 5. The van der Waals surface area contributed by atoms with Gasteiger partial charge in [-0.1, -0.05) is 0 Å². The van der Waals surface area contributed by atoms with Gasteiger partial charge in [0, 0.05) is 36.8 Å². The molecule has 5 nitrogen and oxygen atoms in total. The van der Waals surface area contributed by atoms with E-state index < -0.39 is 5.97 Å². The van der Waals surface area contributed by atoms with E-state index in [1.54, 1.807) is 24.3 Å². The van der Waals surface area contributed by atoms with E-state index in [9.17, 15) is 9.90 Å². The molecule has 1 aliphatic rings. The number of rotatable bonds is 3. The molecule has 3 heterocycles. The Bertz CT molecular complexity index is 655. The van der Waals surface area contributed by atoms with Crippen molar-refractivity contribution in [1.82, 2.24) is 14.9 Å². The largest absolute Gasteiger partial charge is 0.478 e. The van der Waals surface area contributed by atoms with Crippen LogP contribution in [0.25, 0.3) is 0 Å². The molecule has 0 aromatic carbocycles. The van der Waals surface area contributed by atoms with Crippen LogP contribution in [0.2, 0.25) is 0 Å². The van der Waals surface area contributed by atoms with Crippen molar-refractivity contribution in [3.8, 4) is 0 Å². The van der Waals surface area contributed by atoms with E-state index in [0.717, 1.165) is 48.7 Å². The van der Waals surface area contributed by atoms with Gasteiger partial charge in [-0.15, -0.1) is 11.3 Å². The van der Waals surface area contributed by atoms with Crippen LogP contribution in [0, 0.1) is 6.92 Å². The molecule has 0 bridgehead atoms. The summed E-state index contributed by atoms with van der Waals surface area (Å²) in [6.07, 6.45) is 3.53. The minimum absolute atomic E-state index is 0.321. The smallest absolute Gasteiger partial charge is 0.337 e. The highest BCUT2D eigenvalue weighted by Gasteiger charge is 2.19. The zero-order valence-corrected chi connectivity index (χ0v) is 12.7. The molecule has 0 radical (unpaired) electrons. The fraction of sp³-hybridized carbons (Fsp3) is 0.400. The molecule has 0 aliphatic carbocycles. The molecule has 0 amide bonds. The fourth-order valence-electron chi connectivity index (χ4n) is 2.68. The van der Waals surface area contributed by atoms with Crippen LogP contribution in [0.3, 0.4) is 0 Å². The van der Waals surface area contributed by atoms with E-state index in [1.165, 1.54) is 0 Å². The number of aromatic carboxylic acids is 1. The Labute approximate surface area is 127 Å². The summed E-state index contributed by atoms with van der Waals surface area (Å²) < 4.78 is 0. The lowest BCUT2D eigenvalue weighted by Crippen LogP contribution is -2.25. The number of aromatic nitrogens is 2. The molecule has 2 aromatic heterocycles. The summed E-state index contributed by atoms with van der Waals surface area (Å²) in [6, 6.07) is 1.80. The summed E-state index contributed by atoms with van der Waals surface area (Å²) >= 11 is 1.67. The van der Waals surface area contributed by atoms with Crippen LogP contribution in [0.1, 0.15) is 32.3 Å². The first-order valence-corrected chi connectivity index (χ1v) is 7.85. The monoisotopic (exact) mass is 303 g/mol. The second-order valence-corrected chi connectivity index (χ2v) is 6.21. The molecule has 1 aliphatic heterocycles. The number of hydrogen-bond donors (Lipinski definition) is 1. The number of carboxylic acids is 1. The van der Waals surface area contributed by atoms with Crippen molar-refractivity contribution in [2.24, 2.45) is 0 Å². The molecule has 1 N–H and O–H groups in total. The highest BCUT2D eigenvalue weighted by Crippen LogP contribution is 2.19. The predicted molar refractivity (Wildman–Crippen MR) is 80.7 cm³/mol. The first-order valence-electron chi connectivity index (χ1n) is 6.97. The van der Waals surface area contributed by atoms with E-state index >= 15 is 0 Å². The Morgan fingerprint density at radius 1 is 1.43 bits per heavy atom. The minimum atomic E-state index is -0.897. The van der Waals surface area contributed by atoms with E-state index in [4.69, 9.17) is 0 Å². The van der Waals surface area contributed by atoms with Crippen LogP contribution in [0.5, 0.6) is 0 Å². The van der Waals surface area contributed by atoms with Crippen LogP contribution < -0.4 is 0 Å². The van der Waals surface area contributed by atoms with Crippen LogP contribution in [0.15, 0.2) is 17.6 Å². The summed E-state index contributed by atoms with van der Waals surface area (Å²) in [4.78, 5) is 22.4. The van der Waals surface area contributed by atoms with Gasteiger partial charge >= 0.3 is 5.97 Å². The van der Waals surface area contributed by atoms with Gasteiger partial charge in [0.05, 0.1) is 17.8 Å². The number of thiazole rings is 1. The molecule has 0 fully saturated rings. The normalized spacial score (nSPS) is 15.5. The molecule has 3 rings (SSSR count). The number of fused-ring (bicyclic) bond motifs is 1. The number of carbonyl (C=O) groups is 1. The molecule has 110 valence electrons. The molecule has 0 saturated heterocycles. The Morgan fingerprint density at radius 2 is 2.24 bits per heavy atom. The SMILES string of the molecule is Cc1nc2c(cc1C(=O)O)CCN(Cc1nccs1)CC2. The van der Waals surface area contributed by atoms with Gasteiger partial charge in [0.2, 0.25) is 0 Å². The first-order chi connectivity index (χ1) is 10.1. The molecule has 6 heteroatoms. The van der Waals surface area contributed by atoms with Crippen molar-refractivity contribution < 1.29 is 9.90 Å². The summed E-state index contributed by atoms with van der Waals surface area (Å²) in [5.74, 6) is -0.897. The summed E-state index contributed by atoms with van der Waals surface area (Å²) in [6.45, 7) is 4.47. The van der Waals surface area contributed by atoms with Crippen LogP contribution in [-0.2, 0) is 19.4 Å². The van der Waals surface area contributed by atoms with E-state index in [2.05, 4.69) is 14.9 Å². The fourth-order valence-corrected chi connectivity index (χ4v) is 3.34. The maximum Gasteiger partial charge on any atom is 0.337 e. The quantitative estimate of drug-likeness (QED) is 0.941. The van der Waals surface area contributed by atoms with Crippen molar-refractivity contribution in [3.63, 3.8) is 0 Å². The molecule has 0 saturated carbocycles. The average Bonchev–Trinajstić information content (AvgIpc) is 2.87. The van der Waals surface area contributed by atoms with E-state index in [0.29, 0.717) is 11.3 Å². The lowest BCUT2D eigenvalue weighted by molar-refractivity contribution is 0.0695. The van der Waals surface area contributed by atoms with E-state index in [1.807, 2.05) is 11.6 Å². The summed E-state index contributed by atoms with van der Waals surface area (Å²) in [5.41, 5.74) is 3.04. The van der Waals surface area contributed by atoms with Gasteiger partial charge in [-0.25, -0.2) is 9.78 Å². The Morgan fingerprint density at radius 3 is 2.95 bits per heavy atom. The molecule has 2 aromatic rings. The second-order valence-electron chi connectivity index (χ2n) is 5.23. The van der Waals surface area contributed by atoms with Gasteiger partial charge in [-0.3, -0.25) is 9.88 Å². The van der Waals surface area contributed by atoms with Crippen molar-refractivity contribution in [3.05, 3.63) is 45.2 Å². The Hall–Kier alpha value is -1.79. The Kier molecular flexibility index (Phi) is 3.98. The lowest BCUT2D eigenvalue weighted by atomic mass is 10.0. The molecular formula is C15H17N3O2S. The van der Waals surface area contributed by atoms with Gasteiger partial charge in [-0.05, 0) is 25.0 Å². The van der Waals surface area contributed by atoms with Crippen molar-refractivity contribution in [2.75, 3.05) is 13.1 Å². The van der Waals surface area contributed by atoms with Crippen molar-refractivity contribution in [1.29, 1.82) is 0 Å². The standard InChI is InChI=1S/C15H17N3O2S/c1-10-12(15(19)20)8-11-2-5-18(6-3-13(11)17-10)9-14-16-4-7-21-14/h4,7-8H,2-3,5-6,9H2,1H3,(H,19,20). The summed E-state index contributed by atoms with van der Waals surface area (Å²) in [5, 5.41) is 12.3. The van der Waals surface area contributed by atoms with Crippen LogP contribution in [0.4, 0.5) is 0 Å². The number of nitrogens with zero attached hydrogens (tertiary/aromatic N) is 3. The maximum atomic E-state index is 11.2. The molecule has 0 spiro atoms. The summed E-state index contributed by atoms with van der Waals surface area (Å²) in [7, 11) is 0.